The third-order valence-electron chi connectivity index (χ3n) is 8.70. The zero-order valence-corrected chi connectivity index (χ0v) is 22.8. The monoisotopic (exact) mass is 469 g/mol. The summed E-state index contributed by atoms with van der Waals surface area (Å²) >= 11 is 0. The lowest BCUT2D eigenvalue weighted by Gasteiger charge is -2.28. The summed E-state index contributed by atoms with van der Waals surface area (Å²) in [5.74, 6) is 1.38. The number of pyridine rings is 1. The quantitative estimate of drug-likeness (QED) is 0.335. The summed E-state index contributed by atoms with van der Waals surface area (Å²) in [5, 5.41) is 2.49. The molecular formula is C34H46N+. The van der Waals surface area contributed by atoms with Gasteiger partial charge in [0.1, 0.15) is 8.42 Å². The molecule has 2 saturated carbocycles. The van der Waals surface area contributed by atoms with Crippen molar-refractivity contribution in [2.24, 2.45) is 12.5 Å². The normalized spacial score (nSPS) is 18.7. The van der Waals surface area contributed by atoms with Gasteiger partial charge in [0, 0.05) is 6.07 Å². The van der Waals surface area contributed by atoms with Gasteiger partial charge in [0.25, 0.3) is 0 Å². The van der Waals surface area contributed by atoms with Gasteiger partial charge in [-0.1, -0.05) is 77.5 Å². The van der Waals surface area contributed by atoms with Crippen LogP contribution < -0.4 is 4.57 Å². The first kappa shape index (κ1) is 23.3. The zero-order valence-electron chi connectivity index (χ0n) is 23.8. The largest absolute Gasteiger partial charge is 0.220 e. The highest BCUT2D eigenvalue weighted by Crippen LogP contribution is 2.42. The second-order valence-corrected chi connectivity index (χ2v) is 12.8. The highest BCUT2D eigenvalue weighted by atomic mass is 14.9. The van der Waals surface area contributed by atoms with E-state index in [-0.39, 0.29) is 5.41 Å². The Morgan fingerprint density at radius 1 is 0.857 bits per heavy atom. The molecular weight excluding hydrogens is 422 g/mol. The maximum absolute atomic E-state index is 8.87. The van der Waals surface area contributed by atoms with E-state index in [1.54, 1.807) is 11.1 Å². The van der Waals surface area contributed by atoms with Crippen LogP contribution in [0.15, 0.2) is 42.6 Å². The minimum Gasteiger partial charge on any atom is -0.200 e. The summed E-state index contributed by atoms with van der Waals surface area (Å²) < 4.78 is 11.0. The van der Waals surface area contributed by atoms with Crippen LogP contribution in [0.3, 0.4) is 0 Å². The Kier molecular flexibility index (Phi) is 6.70. The number of benzene rings is 2. The van der Waals surface area contributed by atoms with Crippen LogP contribution in [0.2, 0.25) is 0 Å². The number of hydrogen-bond donors (Lipinski definition) is 0. The molecule has 2 fully saturated rings. The lowest BCUT2D eigenvalue weighted by Crippen LogP contribution is -2.31. The van der Waals surface area contributed by atoms with Gasteiger partial charge in [0.05, 0.1) is 10.9 Å². The van der Waals surface area contributed by atoms with Crippen LogP contribution in [0.4, 0.5) is 0 Å². The number of rotatable bonds is 4. The van der Waals surface area contributed by atoms with E-state index in [1.165, 1.54) is 97.4 Å². The molecule has 0 saturated heterocycles. The van der Waals surface area contributed by atoms with Gasteiger partial charge < -0.3 is 0 Å². The molecule has 186 valence electrons. The van der Waals surface area contributed by atoms with Gasteiger partial charge in [0.15, 0.2) is 6.17 Å². The molecule has 2 aliphatic carbocycles. The molecule has 5 rings (SSSR count). The summed E-state index contributed by atoms with van der Waals surface area (Å²) in [6.07, 6.45) is 15.2. The molecule has 35 heavy (non-hydrogen) atoms. The van der Waals surface area contributed by atoms with Crippen LogP contribution in [0.5, 0.6) is 0 Å². The van der Waals surface area contributed by atoms with E-state index in [2.05, 4.69) is 75.7 Å². The smallest absolute Gasteiger partial charge is 0.200 e. The number of nitrogens with zero attached hydrogens (tertiary/aromatic N) is 1. The molecule has 3 aromatic rings. The molecule has 2 aromatic carbocycles. The average Bonchev–Trinajstić information content (AvgIpc) is 2.85. The standard InChI is InChI=1S/C34H46N/c1-24-31(27-14-10-7-11-15-27)21-29(26-12-8-6-9-13-26)22-32(24)33-30-17-16-25(23-34(2,3)4)20-28(30)18-19-35(33)5/h16-22,26-27H,6-15,23H2,1-5H3/q+1/i19D. The molecule has 2 aliphatic rings. The number of fused-ring (bicyclic) bond motifs is 1. The maximum atomic E-state index is 8.87. The van der Waals surface area contributed by atoms with Crippen molar-refractivity contribution in [3.63, 3.8) is 0 Å². The SMILES string of the molecule is [2H]c1cc2cc(CC(C)(C)C)ccc2c(-c2cc(C3CCCCC3)cc(C3CCCCC3)c2C)[n+]1C. The van der Waals surface area contributed by atoms with Gasteiger partial charge in [-0.15, -0.1) is 0 Å². The van der Waals surface area contributed by atoms with Crippen molar-refractivity contribution >= 4 is 10.8 Å². The van der Waals surface area contributed by atoms with Gasteiger partial charge in [0.2, 0.25) is 5.69 Å². The third-order valence-corrected chi connectivity index (χ3v) is 8.70. The highest BCUT2D eigenvalue weighted by molar-refractivity contribution is 5.94. The van der Waals surface area contributed by atoms with Crippen LogP contribution in [-0.2, 0) is 13.5 Å². The van der Waals surface area contributed by atoms with Gasteiger partial charge in [-0.2, -0.15) is 0 Å². The molecule has 1 aromatic heterocycles. The van der Waals surface area contributed by atoms with Gasteiger partial charge in [-0.3, -0.25) is 0 Å². The van der Waals surface area contributed by atoms with Crippen LogP contribution >= 0.6 is 0 Å². The number of hydrogen-bond acceptors (Lipinski definition) is 0. The van der Waals surface area contributed by atoms with Gasteiger partial charge in [-0.25, -0.2) is 4.57 Å². The summed E-state index contributed by atoms with van der Waals surface area (Å²) in [6.45, 7) is 9.27. The van der Waals surface area contributed by atoms with Crippen LogP contribution in [-0.4, -0.2) is 0 Å². The van der Waals surface area contributed by atoms with E-state index in [4.69, 9.17) is 1.37 Å². The molecule has 0 atom stereocenters. The molecule has 0 aliphatic heterocycles. The van der Waals surface area contributed by atoms with Gasteiger partial charge in [-0.05, 0) is 96.1 Å². The fraction of sp³-hybridized carbons (Fsp3) is 0.559. The first-order chi connectivity index (χ1) is 17.2. The molecule has 1 heteroatoms. The molecule has 0 bridgehead atoms. The van der Waals surface area contributed by atoms with Crippen molar-refractivity contribution in [2.45, 2.75) is 110 Å². The van der Waals surface area contributed by atoms with Crippen molar-refractivity contribution in [1.82, 2.24) is 0 Å². The number of aromatic nitrogens is 1. The second-order valence-electron chi connectivity index (χ2n) is 12.8. The predicted molar refractivity (Wildman–Crippen MR) is 150 cm³/mol. The van der Waals surface area contributed by atoms with Crippen LogP contribution in [0.1, 0.15) is 120 Å². The topological polar surface area (TPSA) is 3.88 Å². The molecule has 1 heterocycles. The fourth-order valence-corrected chi connectivity index (χ4v) is 6.92. The third kappa shape index (κ3) is 5.35. The van der Waals surface area contributed by atoms with E-state index in [0.717, 1.165) is 6.42 Å². The second kappa shape index (κ2) is 10.1. The van der Waals surface area contributed by atoms with E-state index in [1.807, 2.05) is 0 Å². The Labute approximate surface area is 215 Å². The predicted octanol–water partition coefficient (Wildman–Crippen LogP) is 9.32. The van der Waals surface area contributed by atoms with Crippen LogP contribution in [0, 0.1) is 12.3 Å². The van der Waals surface area contributed by atoms with E-state index >= 15 is 0 Å². The maximum Gasteiger partial charge on any atom is 0.220 e. The lowest BCUT2D eigenvalue weighted by molar-refractivity contribution is -0.659. The molecule has 0 unspecified atom stereocenters. The van der Waals surface area contributed by atoms with Crippen molar-refractivity contribution in [3.05, 3.63) is 64.8 Å². The minimum absolute atomic E-state index is 0.250. The Morgan fingerprint density at radius 3 is 2.17 bits per heavy atom. The Morgan fingerprint density at radius 2 is 1.51 bits per heavy atom. The molecule has 1 nitrogen and oxygen atoms in total. The lowest BCUT2D eigenvalue weighted by atomic mass is 9.76. The average molecular weight is 470 g/mol. The summed E-state index contributed by atoms with van der Waals surface area (Å²) in [5.41, 5.74) is 8.81. The van der Waals surface area contributed by atoms with Crippen molar-refractivity contribution < 1.29 is 5.94 Å². The first-order valence-electron chi connectivity index (χ1n) is 14.8. The molecule has 0 amide bonds. The summed E-state index contributed by atoms with van der Waals surface area (Å²) in [4.78, 5) is 0. The first-order valence-corrected chi connectivity index (χ1v) is 14.3. The Hall–Kier alpha value is -2.15. The van der Waals surface area contributed by atoms with E-state index < -0.39 is 0 Å². The summed E-state index contributed by atoms with van der Waals surface area (Å²) in [6, 6.07) is 14.2. The molecule has 0 radical (unpaired) electrons. The van der Waals surface area contributed by atoms with E-state index in [9.17, 15) is 0 Å². The van der Waals surface area contributed by atoms with Crippen molar-refractivity contribution in [1.29, 1.82) is 0 Å². The van der Waals surface area contributed by atoms with E-state index in [0.29, 0.717) is 18.0 Å². The Bertz CT molecular complexity index is 1240. The summed E-state index contributed by atoms with van der Waals surface area (Å²) in [7, 11) is 2.09. The highest BCUT2D eigenvalue weighted by Gasteiger charge is 2.26. The van der Waals surface area contributed by atoms with Crippen LogP contribution in [0.25, 0.3) is 22.0 Å². The zero-order chi connectivity index (χ0) is 25.4. The van der Waals surface area contributed by atoms with Gasteiger partial charge >= 0.3 is 0 Å². The Balaban J connectivity index is 1.71. The van der Waals surface area contributed by atoms with Crippen molar-refractivity contribution in [2.75, 3.05) is 0 Å². The van der Waals surface area contributed by atoms with Crippen molar-refractivity contribution in [3.8, 4) is 11.3 Å². The fourth-order valence-electron chi connectivity index (χ4n) is 6.92. The minimum atomic E-state index is 0.250. The molecule has 0 N–H and O–H groups in total. The molecule has 0 spiro atoms.